The highest BCUT2D eigenvalue weighted by molar-refractivity contribution is 7.73. The highest BCUT2D eigenvalue weighted by atomic mass is 35.5. The SMILES string of the molecule is COOP(=O)(OOC)C(O)(CN1CCN(c2ccc3c(=O)ccn4c3c2OC(Cl)(C(=O)O)C4C)CC1)P(=O)(OOC)OOC. The van der Waals surface area contributed by atoms with Crippen molar-refractivity contribution in [2.45, 2.75) is 23.1 Å². The van der Waals surface area contributed by atoms with Gasteiger partial charge in [-0.15, -0.1) is 18.7 Å². The molecule has 2 aliphatic heterocycles. The molecule has 0 aliphatic carbocycles. The van der Waals surface area contributed by atoms with Crippen LogP contribution in [-0.2, 0) is 52.2 Å². The fraction of sp³-hybridized carbons (Fsp3) is 0.565. The van der Waals surface area contributed by atoms with Gasteiger partial charge in [0.25, 0.3) is 10.1 Å². The average Bonchev–Trinajstić information content (AvgIpc) is 2.97. The molecule has 21 heteroatoms. The summed E-state index contributed by atoms with van der Waals surface area (Å²) >= 11 is 6.49. The van der Waals surface area contributed by atoms with Crippen LogP contribution in [0.3, 0.4) is 0 Å². The molecule has 4 rings (SSSR count). The second-order valence-corrected chi connectivity index (χ2v) is 14.6. The number of rotatable bonds is 14. The fourth-order valence-corrected chi connectivity index (χ4v) is 8.90. The molecule has 0 radical (unpaired) electrons. The molecule has 2 N–H and O–H groups in total. The molecular formula is C23H32ClN3O15P2. The number of aromatic nitrogens is 1. The zero-order valence-corrected chi connectivity index (χ0v) is 26.8. The number of nitrogens with zero attached hydrogens (tertiary/aromatic N) is 3. The van der Waals surface area contributed by atoms with Crippen molar-refractivity contribution in [2.75, 3.05) is 66.1 Å². The minimum absolute atomic E-state index is 0.0960. The first-order valence-electron chi connectivity index (χ1n) is 12.8. The van der Waals surface area contributed by atoms with E-state index in [0.29, 0.717) is 16.6 Å². The second-order valence-electron chi connectivity index (χ2n) is 9.62. The summed E-state index contributed by atoms with van der Waals surface area (Å²) in [7, 11) is -6.31. The summed E-state index contributed by atoms with van der Waals surface area (Å²) in [6.07, 6.45) is 1.47. The number of hydrogen-bond donors (Lipinski definition) is 2. The molecule has 1 fully saturated rings. The third-order valence-corrected chi connectivity index (χ3v) is 12.7. The van der Waals surface area contributed by atoms with Crippen molar-refractivity contribution in [3.8, 4) is 5.75 Å². The molecule has 2 aliphatic rings. The van der Waals surface area contributed by atoms with Gasteiger partial charge in [0.05, 0.1) is 52.2 Å². The van der Waals surface area contributed by atoms with Gasteiger partial charge in [0, 0.05) is 43.8 Å². The Labute approximate surface area is 255 Å². The molecule has 3 heterocycles. The Kier molecular flexibility index (Phi) is 10.5. The maximum absolute atomic E-state index is 13.7. The van der Waals surface area contributed by atoms with Crippen LogP contribution >= 0.6 is 26.8 Å². The quantitative estimate of drug-likeness (QED) is 0.127. The predicted molar refractivity (Wildman–Crippen MR) is 151 cm³/mol. The molecule has 1 saturated heterocycles. The smallest absolute Gasteiger partial charge is 0.429 e. The minimum Gasteiger partial charge on any atom is -0.477 e. The zero-order chi connectivity index (χ0) is 32.5. The van der Waals surface area contributed by atoms with Crippen molar-refractivity contribution in [2.24, 2.45) is 0 Å². The van der Waals surface area contributed by atoms with Crippen molar-refractivity contribution < 1.29 is 67.1 Å². The number of β-amino-alcohol motifs (C(OH)–C–C–N with tert-alkyl or cyclic N) is 1. The van der Waals surface area contributed by atoms with Crippen LogP contribution in [0.1, 0.15) is 13.0 Å². The van der Waals surface area contributed by atoms with E-state index in [1.54, 1.807) is 23.6 Å². The van der Waals surface area contributed by atoms with Gasteiger partial charge in [0.1, 0.15) is 0 Å². The van der Waals surface area contributed by atoms with Crippen molar-refractivity contribution >= 4 is 49.4 Å². The lowest BCUT2D eigenvalue weighted by molar-refractivity contribution is -0.264. The van der Waals surface area contributed by atoms with Crippen LogP contribution in [0.4, 0.5) is 5.69 Å². The molecule has 0 saturated carbocycles. The van der Waals surface area contributed by atoms with E-state index in [1.165, 1.54) is 17.2 Å². The first-order valence-corrected chi connectivity index (χ1v) is 16.3. The lowest BCUT2D eigenvalue weighted by Crippen LogP contribution is -2.53. The molecule has 246 valence electrons. The zero-order valence-electron chi connectivity index (χ0n) is 24.2. The van der Waals surface area contributed by atoms with Gasteiger partial charge in [-0.3, -0.25) is 18.8 Å². The van der Waals surface area contributed by atoms with Crippen molar-refractivity contribution in [3.63, 3.8) is 0 Å². The molecule has 2 aromatic rings. The van der Waals surface area contributed by atoms with Crippen LogP contribution in [0.15, 0.2) is 29.2 Å². The number of halogens is 1. The van der Waals surface area contributed by atoms with Gasteiger partial charge in [0.2, 0.25) is 0 Å². The van der Waals surface area contributed by atoms with Gasteiger partial charge in [-0.1, -0.05) is 11.6 Å². The van der Waals surface area contributed by atoms with E-state index in [-0.39, 0.29) is 37.4 Å². The number of benzene rings is 1. The largest absolute Gasteiger partial charge is 0.477 e. The number of piperazine rings is 1. The fourth-order valence-electron chi connectivity index (χ4n) is 5.06. The van der Waals surface area contributed by atoms with Crippen LogP contribution in [-0.4, -0.2) is 97.0 Å². The average molecular weight is 688 g/mol. The van der Waals surface area contributed by atoms with Gasteiger partial charge in [-0.05, 0) is 19.1 Å². The van der Waals surface area contributed by atoms with Gasteiger partial charge < -0.3 is 24.4 Å². The molecule has 0 bridgehead atoms. The molecule has 0 amide bonds. The Morgan fingerprint density at radius 2 is 1.52 bits per heavy atom. The van der Waals surface area contributed by atoms with Gasteiger partial charge in [-0.25, -0.2) is 24.3 Å². The van der Waals surface area contributed by atoms with E-state index in [2.05, 4.69) is 19.6 Å². The number of carboxylic acid groups (broad SMARTS) is 1. The van der Waals surface area contributed by atoms with Crippen LogP contribution in [0.5, 0.6) is 5.75 Å². The third-order valence-electron chi connectivity index (χ3n) is 7.23. The van der Waals surface area contributed by atoms with E-state index in [4.69, 9.17) is 35.0 Å². The number of aliphatic hydroxyl groups is 1. The van der Waals surface area contributed by atoms with Crippen LogP contribution in [0.25, 0.3) is 10.9 Å². The van der Waals surface area contributed by atoms with Crippen LogP contribution < -0.4 is 15.1 Å². The van der Waals surface area contributed by atoms with Gasteiger partial charge >= 0.3 is 21.2 Å². The highest BCUT2D eigenvalue weighted by Crippen LogP contribution is 2.77. The number of aliphatic carboxylic acids is 1. The summed E-state index contributed by atoms with van der Waals surface area (Å²) in [6, 6.07) is 3.67. The maximum Gasteiger partial charge on any atom is 0.429 e. The van der Waals surface area contributed by atoms with E-state index in [1.807, 2.05) is 4.90 Å². The topological polar surface area (TPSA) is 203 Å². The Hall–Kier alpha value is -2.15. The Balaban J connectivity index is 1.68. The summed E-state index contributed by atoms with van der Waals surface area (Å²) < 4.78 is 53.8. The Bertz CT molecular complexity index is 1480. The lowest BCUT2D eigenvalue weighted by atomic mass is 10.0. The molecule has 0 spiro atoms. The number of alkyl halides is 1. The Morgan fingerprint density at radius 3 is 2.00 bits per heavy atom. The molecule has 1 aromatic heterocycles. The standard InChI is InChI=1S/C23H32ClN3O15P2/c1-15-23(24,21(29)30)38-20-17(7-6-16-18(28)8-9-27(15)19(16)20)26-12-10-25(11-13-26)14-22(31,43(32,39-34-2)40-35-3)44(33,41-36-4)42-37-5/h6-9,15,31H,10-14H2,1-5H3,(H,29,30). The monoisotopic (exact) mass is 687 g/mol. The predicted octanol–water partition coefficient (Wildman–Crippen LogP) is 2.44. The normalized spacial score (nSPS) is 21.4. The van der Waals surface area contributed by atoms with Crippen molar-refractivity contribution in [3.05, 3.63) is 34.6 Å². The highest BCUT2D eigenvalue weighted by Gasteiger charge is 2.69. The molecular weight excluding hydrogens is 656 g/mol. The summed E-state index contributed by atoms with van der Waals surface area (Å²) in [5, 5.41) is 16.6. The van der Waals surface area contributed by atoms with Crippen LogP contribution in [0, 0.1) is 0 Å². The third kappa shape index (κ3) is 5.80. The van der Waals surface area contributed by atoms with E-state index in [0.717, 1.165) is 28.4 Å². The number of carboxylic acids is 1. The molecule has 1 aromatic carbocycles. The number of carbonyl (C=O) groups is 1. The molecule has 2 atom stereocenters. The molecule has 2 unspecified atom stereocenters. The first-order chi connectivity index (χ1) is 20.8. The summed E-state index contributed by atoms with van der Waals surface area (Å²) in [6.45, 7) is 1.48. The molecule has 44 heavy (non-hydrogen) atoms. The number of ether oxygens (including phenoxy) is 1. The van der Waals surface area contributed by atoms with Gasteiger partial charge in [-0.2, -0.15) is 0 Å². The first kappa shape index (κ1) is 34.7. The Morgan fingerprint density at radius 1 is 1.00 bits per heavy atom. The second kappa shape index (κ2) is 13.3. The minimum atomic E-state index is -5.07. The molecule has 18 nitrogen and oxygen atoms in total. The van der Waals surface area contributed by atoms with E-state index in [9.17, 15) is 28.9 Å². The number of anilines is 1. The van der Waals surface area contributed by atoms with Crippen LogP contribution in [0.2, 0.25) is 0 Å². The number of pyridine rings is 1. The summed E-state index contributed by atoms with van der Waals surface area (Å²) in [5.74, 6) is -1.32. The van der Waals surface area contributed by atoms with Gasteiger partial charge in [0.15, 0.2) is 11.2 Å². The maximum atomic E-state index is 13.7. The van der Waals surface area contributed by atoms with Crippen molar-refractivity contribution in [1.29, 1.82) is 0 Å². The summed E-state index contributed by atoms with van der Waals surface area (Å²) in [4.78, 5) is 46.2. The number of hydrogen-bond acceptors (Lipinski definition) is 16. The van der Waals surface area contributed by atoms with Crippen molar-refractivity contribution in [1.82, 2.24) is 9.47 Å². The summed E-state index contributed by atoms with van der Waals surface area (Å²) in [5.41, 5.74) is 0.529. The van der Waals surface area contributed by atoms with E-state index < -0.39 is 43.9 Å². The lowest BCUT2D eigenvalue weighted by Gasteiger charge is -2.43. The van der Waals surface area contributed by atoms with E-state index >= 15 is 0 Å².